The largest absolute Gasteiger partial charge is 0.461 e. The second-order valence-corrected chi connectivity index (χ2v) is 6.01. The molecule has 1 heterocycles. The van der Waals surface area contributed by atoms with E-state index in [4.69, 9.17) is 16.3 Å². The predicted molar refractivity (Wildman–Crippen MR) is 93.9 cm³/mol. The first-order valence-electron chi connectivity index (χ1n) is 7.83. The summed E-state index contributed by atoms with van der Waals surface area (Å²) in [6.45, 7) is 1.80. The summed E-state index contributed by atoms with van der Waals surface area (Å²) in [4.78, 5) is 14.5. The van der Waals surface area contributed by atoms with Crippen LogP contribution < -0.4 is 5.32 Å². The molecule has 3 aromatic rings. The maximum absolute atomic E-state index is 14.1. The van der Waals surface area contributed by atoms with E-state index in [1.54, 1.807) is 6.92 Å². The molecule has 0 radical (unpaired) electrons. The molecule has 0 aliphatic carbocycles. The van der Waals surface area contributed by atoms with Gasteiger partial charge in [-0.25, -0.2) is 9.18 Å². The van der Waals surface area contributed by atoms with Gasteiger partial charge < -0.3 is 15.0 Å². The molecule has 0 atom stereocenters. The number of hydrogen-bond donors (Lipinski definition) is 2. The van der Waals surface area contributed by atoms with Gasteiger partial charge in [0.1, 0.15) is 11.5 Å². The van der Waals surface area contributed by atoms with Gasteiger partial charge in [-0.05, 0) is 43.3 Å². The fourth-order valence-electron chi connectivity index (χ4n) is 2.59. The third-order valence-corrected chi connectivity index (χ3v) is 4.10. The second kappa shape index (κ2) is 7.11. The zero-order chi connectivity index (χ0) is 19.8. The van der Waals surface area contributed by atoms with Crippen LogP contribution in [0.15, 0.2) is 36.4 Å². The van der Waals surface area contributed by atoms with Crippen molar-refractivity contribution in [3.05, 3.63) is 58.5 Å². The molecular weight excluding hydrogens is 388 g/mol. The number of H-pyrrole nitrogens is 1. The van der Waals surface area contributed by atoms with Gasteiger partial charge >= 0.3 is 12.1 Å². The number of aromatic nitrogens is 1. The van der Waals surface area contributed by atoms with Gasteiger partial charge in [0, 0.05) is 16.8 Å². The van der Waals surface area contributed by atoms with E-state index in [2.05, 4.69) is 10.3 Å². The van der Waals surface area contributed by atoms with E-state index in [1.807, 2.05) is 0 Å². The number of anilines is 2. The molecule has 0 aliphatic rings. The van der Waals surface area contributed by atoms with E-state index < -0.39 is 28.5 Å². The maximum atomic E-state index is 14.1. The molecule has 2 N–H and O–H groups in total. The van der Waals surface area contributed by atoms with Crippen LogP contribution in [0.2, 0.25) is 5.02 Å². The Morgan fingerprint density at radius 1 is 1.22 bits per heavy atom. The summed E-state index contributed by atoms with van der Waals surface area (Å²) >= 11 is 5.72. The van der Waals surface area contributed by atoms with E-state index >= 15 is 0 Å². The normalized spacial score (nSPS) is 11.6. The SMILES string of the molecule is CCOC(=O)c1cc2c(Nc3ccc(C(F)(F)F)c(Cl)c3)ccc(F)c2[nH]1. The first-order valence-corrected chi connectivity index (χ1v) is 8.20. The highest BCUT2D eigenvalue weighted by atomic mass is 35.5. The van der Waals surface area contributed by atoms with E-state index in [0.717, 1.165) is 12.1 Å². The first kappa shape index (κ1) is 19.0. The van der Waals surface area contributed by atoms with E-state index in [1.165, 1.54) is 24.3 Å². The van der Waals surface area contributed by atoms with Crippen LogP contribution in [0.5, 0.6) is 0 Å². The standard InChI is InChI=1S/C18H13ClF4N2O2/c1-2-27-17(26)15-8-10-14(6-5-13(20)16(10)25-15)24-9-3-4-11(12(19)7-9)18(21,22)23/h3-8,24-25H,2H2,1H3. The first-order chi connectivity index (χ1) is 12.7. The minimum absolute atomic E-state index is 0.0606. The van der Waals surface area contributed by atoms with Crippen LogP contribution in [0.25, 0.3) is 10.9 Å². The molecular formula is C18H13ClF4N2O2. The number of hydrogen-bond acceptors (Lipinski definition) is 3. The Labute approximate surface area is 156 Å². The molecule has 3 rings (SSSR count). The van der Waals surface area contributed by atoms with Crippen molar-refractivity contribution in [2.24, 2.45) is 0 Å². The molecule has 0 saturated heterocycles. The molecule has 0 amide bonds. The van der Waals surface area contributed by atoms with Crippen LogP contribution in [-0.2, 0) is 10.9 Å². The van der Waals surface area contributed by atoms with Crippen LogP contribution >= 0.6 is 11.6 Å². The molecule has 0 fully saturated rings. The highest BCUT2D eigenvalue weighted by Crippen LogP contribution is 2.37. The van der Waals surface area contributed by atoms with E-state index in [0.29, 0.717) is 11.1 Å². The van der Waals surface area contributed by atoms with Gasteiger partial charge in [-0.15, -0.1) is 0 Å². The van der Waals surface area contributed by atoms with Crippen molar-refractivity contribution >= 4 is 39.8 Å². The summed E-state index contributed by atoms with van der Waals surface area (Å²) in [5, 5.41) is 2.76. The van der Waals surface area contributed by atoms with Gasteiger partial charge in [-0.1, -0.05) is 11.6 Å². The Balaban J connectivity index is 1.99. The summed E-state index contributed by atoms with van der Waals surface area (Å²) in [5.41, 5.74) is -0.162. The molecule has 1 aromatic heterocycles. The van der Waals surface area contributed by atoms with Crippen molar-refractivity contribution in [1.29, 1.82) is 0 Å². The van der Waals surface area contributed by atoms with Gasteiger partial charge in [0.05, 0.1) is 22.7 Å². The highest BCUT2D eigenvalue weighted by molar-refractivity contribution is 6.31. The Kier molecular flexibility index (Phi) is 5.01. The van der Waals surface area contributed by atoms with Crippen molar-refractivity contribution in [2.45, 2.75) is 13.1 Å². The van der Waals surface area contributed by atoms with Crippen molar-refractivity contribution in [1.82, 2.24) is 4.98 Å². The molecule has 0 aliphatic heterocycles. The smallest absolute Gasteiger partial charge is 0.417 e. The number of alkyl halides is 3. The average molecular weight is 401 g/mol. The quantitative estimate of drug-likeness (QED) is 0.423. The lowest BCUT2D eigenvalue weighted by molar-refractivity contribution is -0.137. The van der Waals surface area contributed by atoms with E-state index in [9.17, 15) is 22.4 Å². The average Bonchev–Trinajstić information content (AvgIpc) is 3.03. The lowest BCUT2D eigenvalue weighted by Crippen LogP contribution is -2.06. The third kappa shape index (κ3) is 3.85. The van der Waals surface area contributed by atoms with Crippen LogP contribution in [-0.4, -0.2) is 17.6 Å². The van der Waals surface area contributed by atoms with Crippen molar-refractivity contribution in [2.75, 3.05) is 11.9 Å². The minimum atomic E-state index is -4.56. The van der Waals surface area contributed by atoms with Crippen LogP contribution in [0.4, 0.5) is 28.9 Å². The van der Waals surface area contributed by atoms with Crippen LogP contribution in [0.1, 0.15) is 23.0 Å². The number of aromatic amines is 1. The summed E-state index contributed by atoms with van der Waals surface area (Å²) in [6, 6.07) is 7.17. The zero-order valence-corrected chi connectivity index (χ0v) is 14.6. The number of nitrogens with one attached hydrogen (secondary N) is 2. The Morgan fingerprint density at radius 2 is 1.96 bits per heavy atom. The van der Waals surface area contributed by atoms with Crippen LogP contribution in [0, 0.1) is 5.82 Å². The minimum Gasteiger partial charge on any atom is -0.461 e. The topological polar surface area (TPSA) is 54.1 Å². The monoisotopic (exact) mass is 400 g/mol. The number of esters is 1. The van der Waals surface area contributed by atoms with E-state index in [-0.39, 0.29) is 23.5 Å². The number of rotatable bonds is 4. The molecule has 4 nitrogen and oxygen atoms in total. The van der Waals surface area contributed by atoms with Gasteiger partial charge in [-0.3, -0.25) is 0 Å². The van der Waals surface area contributed by atoms with Crippen molar-refractivity contribution < 1.29 is 27.1 Å². The zero-order valence-electron chi connectivity index (χ0n) is 13.9. The molecule has 9 heteroatoms. The molecule has 27 heavy (non-hydrogen) atoms. The number of carbonyl (C=O) groups is 1. The van der Waals surface area contributed by atoms with Gasteiger partial charge in [0.25, 0.3) is 0 Å². The van der Waals surface area contributed by atoms with Gasteiger partial charge in [0.15, 0.2) is 0 Å². The third-order valence-electron chi connectivity index (χ3n) is 3.79. The maximum Gasteiger partial charge on any atom is 0.417 e. The number of benzene rings is 2. The number of carbonyl (C=O) groups excluding carboxylic acids is 1. The number of fused-ring (bicyclic) bond motifs is 1. The molecule has 0 unspecified atom stereocenters. The van der Waals surface area contributed by atoms with Crippen molar-refractivity contribution in [3.63, 3.8) is 0 Å². The van der Waals surface area contributed by atoms with Gasteiger partial charge in [0.2, 0.25) is 0 Å². The Morgan fingerprint density at radius 3 is 2.59 bits per heavy atom. The summed E-state index contributed by atoms with van der Waals surface area (Å²) in [7, 11) is 0. The summed E-state index contributed by atoms with van der Waals surface area (Å²) in [6.07, 6.45) is -4.56. The molecule has 2 aromatic carbocycles. The fraction of sp³-hybridized carbons (Fsp3) is 0.167. The lowest BCUT2D eigenvalue weighted by atomic mass is 10.1. The van der Waals surface area contributed by atoms with Gasteiger partial charge in [-0.2, -0.15) is 13.2 Å². The van der Waals surface area contributed by atoms with Crippen LogP contribution in [0.3, 0.4) is 0 Å². The predicted octanol–water partition coefficient (Wildman–Crippen LogP) is 5.90. The molecule has 0 saturated carbocycles. The van der Waals surface area contributed by atoms with Crippen molar-refractivity contribution in [3.8, 4) is 0 Å². The second-order valence-electron chi connectivity index (χ2n) is 5.60. The molecule has 142 valence electrons. The molecule has 0 spiro atoms. The Hall–Kier alpha value is -2.74. The number of ether oxygens (including phenoxy) is 1. The fourth-order valence-corrected chi connectivity index (χ4v) is 2.88. The lowest BCUT2D eigenvalue weighted by Gasteiger charge is -2.12. The highest BCUT2D eigenvalue weighted by Gasteiger charge is 2.33. The number of halogens is 5. The molecule has 0 bridgehead atoms. The summed E-state index contributed by atoms with van der Waals surface area (Å²) < 4.78 is 57.4. The summed E-state index contributed by atoms with van der Waals surface area (Å²) in [5.74, 6) is -1.23. The Bertz CT molecular complexity index is 1010.